The van der Waals surface area contributed by atoms with Crippen LogP contribution in [0.2, 0.25) is 0 Å². The lowest BCUT2D eigenvalue weighted by Crippen LogP contribution is -2.45. The summed E-state index contributed by atoms with van der Waals surface area (Å²) >= 11 is 0. The van der Waals surface area contributed by atoms with Crippen molar-refractivity contribution in [3.63, 3.8) is 0 Å². The normalized spacial score (nSPS) is 18.5. The minimum atomic E-state index is -0.354. The van der Waals surface area contributed by atoms with Crippen molar-refractivity contribution >= 4 is 29.4 Å². The summed E-state index contributed by atoms with van der Waals surface area (Å²) in [5, 5.41) is 19.7. The van der Waals surface area contributed by atoms with E-state index in [9.17, 15) is 4.79 Å². The number of carbonyl (C=O) groups is 1. The minimum absolute atomic E-state index is 0.0451. The van der Waals surface area contributed by atoms with E-state index in [1.54, 1.807) is 18.5 Å². The van der Waals surface area contributed by atoms with Crippen molar-refractivity contribution in [3.8, 4) is 0 Å². The Morgan fingerprint density at radius 1 is 1.39 bits per heavy atom. The average Bonchev–Trinajstić information content (AvgIpc) is 3.10. The Labute approximate surface area is 163 Å². The molecule has 0 bridgehead atoms. The SMILES string of the molecule is CCO[C@H]1CNC[C@@H]1NC(=O)Nc1cc(C=N)c(Nc2ccnc(C)c2)cn1. The van der Waals surface area contributed by atoms with Crippen LogP contribution in [0.25, 0.3) is 0 Å². The average molecular weight is 383 g/mol. The summed E-state index contributed by atoms with van der Waals surface area (Å²) in [4.78, 5) is 20.7. The van der Waals surface area contributed by atoms with E-state index in [0.29, 0.717) is 36.8 Å². The van der Waals surface area contributed by atoms with Gasteiger partial charge in [-0.25, -0.2) is 9.78 Å². The number of pyridine rings is 2. The Balaban J connectivity index is 1.64. The number of amides is 2. The van der Waals surface area contributed by atoms with Crippen molar-refractivity contribution in [1.82, 2.24) is 20.6 Å². The largest absolute Gasteiger partial charge is 0.375 e. The second-order valence-corrected chi connectivity index (χ2v) is 6.47. The topological polar surface area (TPSA) is 124 Å². The van der Waals surface area contributed by atoms with Crippen LogP contribution >= 0.6 is 0 Å². The minimum Gasteiger partial charge on any atom is -0.375 e. The Bertz CT molecular complexity index is 843. The first-order chi connectivity index (χ1) is 13.6. The van der Waals surface area contributed by atoms with Gasteiger partial charge in [0.2, 0.25) is 0 Å². The van der Waals surface area contributed by atoms with Gasteiger partial charge >= 0.3 is 6.03 Å². The van der Waals surface area contributed by atoms with Gasteiger partial charge in [-0.2, -0.15) is 0 Å². The quantitative estimate of drug-likeness (QED) is 0.466. The highest BCUT2D eigenvalue weighted by molar-refractivity contribution is 5.92. The van der Waals surface area contributed by atoms with E-state index in [1.165, 1.54) is 6.21 Å². The fourth-order valence-corrected chi connectivity index (χ4v) is 3.05. The van der Waals surface area contributed by atoms with E-state index in [2.05, 4.69) is 31.2 Å². The second-order valence-electron chi connectivity index (χ2n) is 6.47. The molecule has 0 spiro atoms. The van der Waals surface area contributed by atoms with Crippen LogP contribution in [-0.2, 0) is 4.74 Å². The third kappa shape index (κ3) is 5.02. The molecule has 1 fully saturated rings. The lowest BCUT2D eigenvalue weighted by molar-refractivity contribution is 0.0612. The number of aryl methyl sites for hydroxylation is 1. The number of hydrogen-bond donors (Lipinski definition) is 5. The highest BCUT2D eigenvalue weighted by Gasteiger charge is 2.28. The summed E-state index contributed by atoms with van der Waals surface area (Å²) in [5.74, 6) is 0.367. The molecule has 1 aliphatic heterocycles. The zero-order valence-electron chi connectivity index (χ0n) is 16.0. The molecule has 1 saturated heterocycles. The van der Waals surface area contributed by atoms with E-state index >= 15 is 0 Å². The molecule has 0 aromatic carbocycles. The standard InChI is InChI=1S/C19H25N7O2/c1-3-28-17-11-21-9-16(17)25-19(27)26-18-7-13(8-20)15(10-23-18)24-14-4-5-22-12(2)6-14/h4-8,10,16-17,20-21H,3,9,11H2,1-2H3,(H,22,24)(H2,23,25,26,27)/t16-,17-/m0/s1. The van der Waals surface area contributed by atoms with E-state index in [1.807, 2.05) is 26.0 Å². The third-order valence-electron chi connectivity index (χ3n) is 4.36. The zero-order chi connectivity index (χ0) is 19.9. The van der Waals surface area contributed by atoms with Crippen LogP contribution in [0.15, 0.2) is 30.6 Å². The van der Waals surface area contributed by atoms with Crippen LogP contribution in [0.5, 0.6) is 0 Å². The molecule has 5 N–H and O–H groups in total. The maximum Gasteiger partial charge on any atom is 0.320 e. The Morgan fingerprint density at radius 2 is 2.25 bits per heavy atom. The number of urea groups is 1. The first kappa shape index (κ1) is 19.7. The molecule has 1 aliphatic rings. The highest BCUT2D eigenvalue weighted by atomic mass is 16.5. The molecule has 28 heavy (non-hydrogen) atoms. The van der Waals surface area contributed by atoms with Gasteiger partial charge in [-0.1, -0.05) is 0 Å². The predicted molar refractivity (Wildman–Crippen MR) is 109 cm³/mol. The molecule has 0 radical (unpaired) electrons. The molecule has 0 saturated carbocycles. The number of aromatic nitrogens is 2. The first-order valence-corrected chi connectivity index (χ1v) is 9.19. The van der Waals surface area contributed by atoms with Gasteiger partial charge in [-0.3, -0.25) is 10.3 Å². The van der Waals surface area contributed by atoms with Crippen molar-refractivity contribution in [1.29, 1.82) is 5.41 Å². The van der Waals surface area contributed by atoms with Gasteiger partial charge in [0.1, 0.15) is 5.82 Å². The van der Waals surface area contributed by atoms with Crippen LogP contribution in [0.4, 0.5) is 22.0 Å². The van der Waals surface area contributed by atoms with Gasteiger partial charge < -0.3 is 26.1 Å². The molecule has 3 heterocycles. The molecule has 3 rings (SSSR count). The summed E-state index contributed by atoms with van der Waals surface area (Å²) in [7, 11) is 0. The first-order valence-electron chi connectivity index (χ1n) is 9.19. The summed E-state index contributed by atoms with van der Waals surface area (Å²) in [5.41, 5.74) is 3.01. The number of nitrogens with zero attached hydrogens (tertiary/aromatic N) is 2. The van der Waals surface area contributed by atoms with Gasteiger partial charge in [0.05, 0.1) is 24.0 Å². The summed E-state index contributed by atoms with van der Waals surface area (Å²) in [6.07, 6.45) is 4.47. The molecular weight excluding hydrogens is 358 g/mol. The van der Waals surface area contributed by atoms with E-state index in [-0.39, 0.29) is 18.2 Å². The zero-order valence-corrected chi connectivity index (χ0v) is 16.0. The summed E-state index contributed by atoms with van der Waals surface area (Å²) in [6, 6.07) is 4.93. The van der Waals surface area contributed by atoms with Crippen LogP contribution in [0.1, 0.15) is 18.2 Å². The van der Waals surface area contributed by atoms with Gasteiger partial charge in [0.15, 0.2) is 0 Å². The maximum absolute atomic E-state index is 12.3. The van der Waals surface area contributed by atoms with Crippen molar-refractivity contribution < 1.29 is 9.53 Å². The fraction of sp³-hybridized carbons (Fsp3) is 0.368. The molecule has 9 heteroatoms. The van der Waals surface area contributed by atoms with Crippen LogP contribution in [0, 0.1) is 12.3 Å². The molecule has 2 atom stereocenters. The Kier molecular flexibility index (Phi) is 6.51. The van der Waals surface area contributed by atoms with Crippen molar-refractivity contribution in [2.24, 2.45) is 0 Å². The van der Waals surface area contributed by atoms with Crippen molar-refractivity contribution in [2.45, 2.75) is 26.0 Å². The highest BCUT2D eigenvalue weighted by Crippen LogP contribution is 2.21. The third-order valence-corrected chi connectivity index (χ3v) is 4.36. The smallest absolute Gasteiger partial charge is 0.320 e. The fourth-order valence-electron chi connectivity index (χ4n) is 3.05. The molecule has 2 aromatic heterocycles. The van der Waals surface area contributed by atoms with Gasteiger partial charge in [-0.15, -0.1) is 0 Å². The van der Waals surface area contributed by atoms with Crippen LogP contribution < -0.4 is 21.3 Å². The van der Waals surface area contributed by atoms with Crippen LogP contribution in [0.3, 0.4) is 0 Å². The molecule has 2 aromatic rings. The molecule has 148 valence electrons. The van der Waals surface area contributed by atoms with Gasteiger partial charge in [-0.05, 0) is 32.0 Å². The van der Waals surface area contributed by atoms with Gasteiger partial charge in [0.25, 0.3) is 0 Å². The predicted octanol–water partition coefficient (Wildman–Crippen LogP) is 2.02. The lowest BCUT2D eigenvalue weighted by Gasteiger charge is -2.20. The molecular formula is C19H25N7O2. The van der Waals surface area contributed by atoms with Crippen molar-refractivity contribution in [2.75, 3.05) is 30.3 Å². The number of carbonyl (C=O) groups excluding carboxylic acids is 1. The van der Waals surface area contributed by atoms with E-state index < -0.39 is 0 Å². The van der Waals surface area contributed by atoms with Gasteiger partial charge in [0, 0.05) is 49.1 Å². The Morgan fingerprint density at radius 3 is 3.00 bits per heavy atom. The number of anilines is 3. The number of nitrogens with one attached hydrogen (secondary N) is 5. The molecule has 0 unspecified atom stereocenters. The summed E-state index contributed by atoms with van der Waals surface area (Å²) in [6.45, 7) is 5.81. The second kappa shape index (κ2) is 9.25. The summed E-state index contributed by atoms with van der Waals surface area (Å²) < 4.78 is 5.62. The monoisotopic (exact) mass is 383 g/mol. The van der Waals surface area contributed by atoms with Crippen molar-refractivity contribution in [3.05, 3.63) is 41.9 Å². The van der Waals surface area contributed by atoms with Crippen LogP contribution in [-0.4, -0.2) is 54.1 Å². The lowest BCUT2D eigenvalue weighted by atomic mass is 10.2. The molecule has 0 aliphatic carbocycles. The molecule has 9 nitrogen and oxygen atoms in total. The number of rotatable bonds is 7. The van der Waals surface area contributed by atoms with E-state index in [0.717, 1.165) is 11.4 Å². The number of hydrogen-bond acceptors (Lipinski definition) is 7. The van der Waals surface area contributed by atoms with E-state index in [4.69, 9.17) is 10.1 Å². The maximum atomic E-state index is 12.3. The molecule has 2 amide bonds. The number of ether oxygens (including phenoxy) is 1. The Hall–Kier alpha value is -3.04.